The Hall–Kier alpha value is -0.860. The van der Waals surface area contributed by atoms with E-state index in [1.165, 1.54) is 5.56 Å². The van der Waals surface area contributed by atoms with Crippen LogP contribution in [0.15, 0.2) is 30.3 Å². The van der Waals surface area contributed by atoms with Crippen molar-refractivity contribution in [3.8, 4) is 0 Å². The normalized spacial score (nSPS) is 15.7. The molecule has 2 nitrogen and oxygen atoms in total. The van der Waals surface area contributed by atoms with Crippen molar-refractivity contribution in [3.05, 3.63) is 35.9 Å². The van der Waals surface area contributed by atoms with E-state index < -0.39 is 0 Å². The zero-order valence-corrected chi connectivity index (χ0v) is 12.5. The Morgan fingerprint density at radius 2 is 1.72 bits per heavy atom. The first-order chi connectivity index (χ1) is 8.44. The highest BCUT2D eigenvalue weighted by Crippen LogP contribution is 2.27. The van der Waals surface area contributed by atoms with Crippen molar-refractivity contribution in [2.75, 3.05) is 7.05 Å². The average Bonchev–Trinajstić information content (AvgIpc) is 2.40. The molecule has 1 aromatic rings. The summed E-state index contributed by atoms with van der Waals surface area (Å²) in [5.74, 6) is 0. The monoisotopic (exact) mass is 248 g/mol. The van der Waals surface area contributed by atoms with Gasteiger partial charge in [-0.15, -0.1) is 0 Å². The number of likely N-dealkylation sites (N-methyl/N-ethyl adjacent to an activating group) is 1. The van der Waals surface area contributed by atoms with E-state index in [4.69, 9.17) is 5.73 Å². The van der Waals surface area contributed by atoms with Crippen LogP contribution in [0.3, 0.4) is 0 Å². The molecule has 0 heterocycles. The maximum atomic E-state index is 6.46. The van der Waals surface area contributed by atoms with Gasteiger partial charge in [0.15, 0.2) is 0 Å². The van der Waals surface area contributed by atoms with Crippen LogP contribution in [-0.2, 0) is 0 Å². The quantitative estimate of drug-likeness (QED) is 0.833. The molecule has 2 atom stereocenters. The van der Waals surface area contributed by atoms with Crippen molar-refractivity contribution in [2.45, 2.75) is 58.2 Å². The molecule has 0 aliphatic rings. The molecular formula is C16H28N2. The molecule has 0 spiro atoms. The highest BCUT2D eigenvalue weighted by atomic mass is 15.2. The van der Waals surface area contributed by atoms with Crippen LogP contribution in [0.2, 0.25) is 0 Å². The van der Waals surface area contributed by atoms with Crippen LogP contribution in [0.1, 0.15) is 52.1 Å². The molecule has 0 saturated carbocycles. The van der Waals surface area contributed by atoms with Crippen LogP contribution < -0.4 is 5.73 Å². The van der Waals surface area contributed by atoms with Gasteiger partial charge in [-0.05, 0) is 39.3 Å². The summed E-state index contributed by atoms with van der Waals surface area (Å²) in [5, 5.41) is 0. The number of hydrogen-bond acceptors (Lipinski definition) is 2. The predicted molar refractivity (Wildman–Crippen MR) is 79.6 cm³/mol. The van der Waals surface area contributed by atoms with Gasteiger partial charge in [0.05, 0.1) is 0 Å². The lowest BCUT2D eigenvalue weighted by Crippen LogP contribution is -2.50. The first kappa shape index (κ1) is 15.2. The number of rotatable bonds is 6. The largest absolute Gasteiger partial charge is 0.323 e. The Bertz CT molecular complexity index is 345. The summed E-state index contributed by atoms with van der Waals surface area (Å²) in [6.45, 7) is 9.02. The highest BCUT2D eigenvalue weighted by molar-refractivity contribution is 5.20. The molecule has 18 heavy (non-hydrogen) atoms. The van der Waals surface area contributed by atoms with E-state index in [-0.39, 0.29) is 11.6 Å². The zero-order valence-electron chi connectivity index (χ0n) is 12.5. The van der Waals surface area contributed by atoms with Crippen molar-refractivity contribution in [2.24, 2.45) is 5.73 Å². The lowest BCUT2D eigenvalue weighted by Gasteiger charge is -2.43. The smallest absolute Gasteiger partial charge is 0.0453 e. The van der Waals surface area contributed by atoms with Gasteiger partial charge in [0.25, 0.3) is 0 Å². The van der Waals surface area contributed by atoms with Gasteiger partial charge in [0.2, 0.25) is 0 Å². The van der Waals surface area contributed by atoms with Crippen molar-refractivity contribution < 1.29 is 0 Å². The van der Waals surface area contributed by atoms with Crippen LogP contribution in [0, 0.1) is 0 Å². The first-order valence-electron chi connectivity index (χ1n) is 6.97. The number of hydrogen-bond donors (Lipinski definition) is 1. The maximum Gasteiger partial charge on any atom is 0.0453 e. The van der Waals surface area contributed by atoms with E-state index in [2.05, 4.69) is 63.9 Å². The molecule has 2 N–H and O–H groups in total. The van der Waals surface area contributed by atoms with E-state index in [1.807, 2.05) is 6.07 Å². The Morgan fingerprint density at radius 1 is 1.17 bits per heavy atom. The minimum Gasteiger partial charge on any atom is -0.323 e. The van der Waals surface area contributed by atoms with Crippen molar-refractivity contribution in [1.82, 2.24) is 4.90 Å². The van der Waals surface area contributed by atoms with E-state index in [0.717, 1.165) is 12.8 Å². The maximum absolute atomic E-state index is 6.46. The number of benzene rings is 1. The van der Waals surface area contributed by atoms with Gasteiger partial charge in [-0.2, -0.15) is 0 Å². The van der Waals surface area contributed by atoms with Crippen LogP contribution in [0.5, 0.6) is 0 Å². The van der Waals surface area contributed by atoms with Crippen molar-refractivity contribution in [3.63, 3.8) is 0 Å². The summed E-state index contributed by atoms with van der Waals surface area (Å²) in [6, 6.07) is 10.9. The summed E-state index contributed by atoms with van der Waals surface area (Å²) >= 11 is 0. The van der Waals surface area contributed by atoms with Gasteiger partial charge in [0, 0.05) is 17.6 Å². The Morgan fingerprint density at radius 3 is 2.17 bits per heavy atom. The fraction of sp³-hybridized carbons (Fsp3) is 0.625. The Kier molecular flexibility index (Phi) is 5.36. The molecule has 0 amide bonds. The lowest BCUT2D eigenvalue weighted by molar-refractivity contribution is 0.0793. The van der Waals surface area contributed by atoms with E-state index in [9.17, 15) is 0 Å². The second-order valence-corrected chi connectivity index (χ2v) is 5.69. The summed E-state index contributed by atoms with van der Waals surface area (Å²) < 4.78 is 0. The average molecular weight is 248 g/mol. The van der Waals surface area contributed by atoms with Crippen LogP contribution in [-0.4, -0.2) is 23.5 Å². The predicted octanol–water partition coefficient (Wildman–Crippen LogP) is 3.59. The topological polar surface area (TPSA) is 29.3 Å². The Labute approximate surface area is 112 Å². The van der Waals surface area contributed by atoms with Gasteiger partial charge < -0.3 is 5.73 Å². The fourth-order valence-corrected chi connectivity index (χ4v) is 2.36. The molecule has 0 saturated heterocycles. The molecule has 1 rings (SSSR count). The van der Waals surface area contributed by atoms with Gasteiger partial charge >= 0.3 is 0 Å². The SMILES string of the molecule is CCC(C(N)c1ccccc1)N(C)C(C)(C)CC. The lowest BCUT2D eigenvalue weighted by atomic mass is 9.91. The third-order valence-corrected chi connectivity index (χ3v) is 4.33. The molecule has 0 aliphatic carbocycles. The minimum absolute atomic E-state index is 0.0759. The van der Waals surface area contributed by atoms with E-state index >= 15 is 0 Å². The molecule has 1 aromatic carbocycles. The zero-order chi connectivity index (χ0) is 13.8. The second-order valence-electron chi connectivity index (χ2n) is 5.69. The third kappa shape index (κ3) is 3.33. The van der Waals surface area contributed by atoms with Crippen LogP contribution in [0.4, 0.5) is 0 Å². The molecule has 0 aliphatic heterocycles. The molecule has 2 heteroatoms. The van der Waals surface area contributed by atoms with Gasteiger partial charge in [-0.1, -0.05) is 44.2 Å². The molecule has 2 unspecified atom stereocenters. The summed E-state index contributed by atoms with van der Waals surface area (Å²) in [7, 11) is 2.19. The summed E-state index contributed by atoms with van der Waals surface area (Å²) in [5.41, 5.74) is 7.87. The first-order valence-corrected chi connectivity index (χ1v) is 6.97. The number of nitrogens with two attached hydrogens (primary N) is 1. The standard InChI is InChI=1S/C16H28N2/c1-6-14(18(5)16(3,4)7-2)15(17)13-11-9-8-10-12-13/h8-12,14-15H,6-7,17H2,1-5H3. The molecule has 0 fully saturated rings. The second kappa shape index (κ2) is 6.35. The molecular weight excluding hydrogens is 220 g/mol. The minimum atomic E-state index is 0.0759. The third-order valence-electron chi connectivity index (χ3n) is 4.33. The van der Waals surface area contributed by atoms with Crippen molar-refractivity contribution >= 4 is 0 Å². The fourth-order valence-electron chi connectivity index (χ4n) is 2.36. The molecule has 0 bridgehead atoms. The van der Waals surface area contributed by atoms with Gasteiger partial charge in [0.1, 0.15) is 0 Å². The molecule has 0 aromatic heterocycles. The summed E-state index contributed by atoms with van der Waals surface area (Å²) in [6.07, 6.45) is 2.19. The van der Waals surface area contributed by atoms with Gasteiger partial charge in [-0.25, -0.2) is 0 Å². The van der Waals surface area contributed by atoms with Crippen LogP contribution in [0.25, 0.3) is 0 Å². The number of nitrogens with zero attached hydrogens (tertiary/aromatic N) is 1. The highest BCUT2D eigenvalue weighted by Gasteiger charge is 2.30. The van der Waals surface area contributed by atoms with E-state index in [1.54, 1.807) is 0 Å². The Balaban J connectivity index is 2.90. The molecule has 102 valence electrons. The van der Waals surface area contributed by atoms with Crippen LogP contribution >= 0.6 is 0 Å². The van der Waals surface area contributed by atoms with Crippen molar-refractivity contribution in [1.29, 1.82) is 0 Å². The summed E-state index contributed by atoms with van der Waals surface area (Å²) in [4.78, 5) is 2.44. The van der Waals surface area contributed by atoms with E-state index in [0.29, 0.717) is 6.04 Å². The molecule has 0 radical (unpaired) electrons. The van der Waals surface area contributed by atoms with Gasteiger partial charge in [-0.3, -0.25) is 4.90 Å².